The number of halogens is 1. The minimum absolute atomic E-state index is 0.0844. The Balaban J connectivity index is 2.82. The highest BCUT2D eigenvalue weighted by Crippen LogP contribution is 2.09. The topological polar surface area (TPSA) is 20.3 Å². The molecule has 15 heavy (non-hydrogen) atoms. The zero-order chi connectivity index (χ0) is 11.3. The van der Waals surface area contributed by atoms with E-state index in [1.165, 1.54) is 0 Å². The SMILES string of the molecule is CCN(CC)C(=O)c1ccc(CCl)cc1. The summed E-state index contributed by atoms with van der Waals surface area (Å²) in [5.74, 6) is 0.570. The highest BCUT2D eigenvalue weighted by atomic mass is 35.5. The monoisotopic (exact) mass is 225 g/mol. The molecule has 0 bridgehead atoms. The third-order valence-corrected chi connectivity index (χ3v) is 2.71. The van der Waals surface area contributed by atoms with Gasteiger partial charge in [-0.1, -0.05) is 12.1 Å². The largest absolute Gasteiger partial charge is 0.339 e. The van der Waals surface area contributed by atoms with Gasteiger partial charge in [0.1, 0.15) is 0 Å². The quantitative estimate of drug-likeness (QED) is 0.722. The van der Waals surface area contributed by atoms with E-state index >= 15 is 0 Å². The maximum absolute atomic E-state index is 11.9. The van der Waals surface area contributed by atoms with Crippen molar-refractivity contribution in [2.45, 2.75) is 19.7 Å². The van der Waals surface area contributed by atoms with Crippen LogP contribution < -0.4 is 0 Å². The van der Waals surface area contributed by atoms with Gasteiger partial charge in [-0.2, -0.15) is 0 Å². The minimum atomic E-state index is 0.0844. The first kappa shape index (κ1) is 12.1. The second kappa shape index (κ2) is 5.76. The fraction of sp³-hybridized carbons (Fsp3) is 0.417. The van der Waals surface area contributed by atoms with E-state index in [9.17, 15) is 4.79 Å². The summed E-state index contributed by atoms with van der Waals surface area (Å²) in [7, 11) is 0. The second-order valence-corrected chi connectivity index (χ2v) is 3.58. The highest BCUT2D eigenvalue weighted by molar-refractivity contribution is 6.17. The molecule has 0 aliphatic carbocycles. The van der Waals surface area contributed by atoms with Gasteiger partial charge in [-0.05, 0) is 31.5 Å². The third-order valence-electron chi connectivity index (χ3n) is 2.41. The van der Waals surface area contributed by atoms with Crippen molar-refractivity contribution in [3.63, 3.8) is 0 Å². The first-order chi connectivity index (χ1) is 7.22. The molecule has 1 rings (SSSR count). The first-order valence-electron chi connectivity index (χ1n) is 5.17. The molecule has 0 unspecified atom stereocenters. The van der Waals surface area contributed by atoms with Gasteiger partial charge in [0.15, 0.2) is 0 Å². The zero-order valence-electron chi connectivity index (χ0n) is 9.16. The molecule has 2 nitrogen and oxygen atoms in total. The number of hydrogen-bond acceptors (Lipinski definition) is 1. The lowest BCUT2D eigenvalue weighted by Crippen LogP contribution is -2.30. The van der Waals surface area contributed by atoms with Crippen LogP contribution in [-0.2, 0) is 5.88 Å². The van der Waals surface area contributed by atoms with E-state index in [2.05, 4.69) is 0 Å². The molecule has 0 radical (unpaired) electrons. The Morgan fingerprint density at radius 1 is 1.20 bits per heavy atom. The average molecular weight is 226 g/mol. The number of carbonyl (C=O) groups excluding carboxylic acids is 1. The summed E-state index contributed by atoms with van der Waals surface area (Å²) < 4.78 is 0. The van der Waals surface area contributed by atoms with Gasteiger partial charge < -0.3 is 4.90 Å². The Labute approximate surface area is 95.8 Å². The van der Waals surface area contributed by atoms with E-state index < -0.39 is 0 Å². The van der Waals surface area contributed by atoms with Gasteiger partial charge in [0, 0.05) is 24.5 Å². The van der Waals surface area contributed by atoms with E-state index in [1.54, 1.807) is 4.90 Å². The zero-order valence-corrected chi connectivity index (χ0v) is 9.92. The van der Waals surface area contributed by atoms with E-state index in [0.29, 0.717) is 5.88 Å². The molecule has 0 heterocycles. The van der Waals surface area contributed by atoms with E-state index in [0.717, 1.165) is 24.2 Å². The number of hydrogen-bond donors (Lipinski definition) is 0. The summed E-state index contributed by atoms with van der Waals surface area (Å²) in [5.41, 5.74) is 1.76. The molecule has 0 aliphatic rings. The molecule has 0 aromatic heterocycles. The predicted molar refractivity (Wildman–Crippen MR) is 63.3 cm³/mol. The summed E-state index contributed by atoms with van der Waals surface area (Å²) in [6.45, 7) is 5.45. The molecular formula is C12H16ClNO. The summed E-state index contributed by atoms with van der Waals surface area (Å²) in [5, 5.41) is 0. The standard InChI is InChI=1S/C12H16ClNO/c1-3-14(4-2)12(15)11-7-5-10(9-13)6-8-11/h5-8H,3-4,9H2,1-2H3. The van der Waals surface area contributed by atoms with Crippen LogP contribution in [0.25, 0.3) is 0 Å². The Kier molecular flexibility index (Phi) is 4.63. The lowest BCUT2D eigenvalue weighted by atomic mass is 10.1. The number of carbonyl (C=O) groups is 1. The van der Waals surface area contributed by atoms with Crippen molar-refractivity contribution < 1.29 is 4.79 Å². The van der Waals surface area contributed by atoms with E-state index in [-0.39, 0.29) is 5.91 Å². The lowest BCUT2D eigenvalue weighted by molar-refractivity contribution is 0.0773. The second-order valence-electron chi connectivity index (χ2n) is 3.31. The molecule has 0 aliphatic heterocycles. The van der Waals surface area contributed by atoms with E-state index in [1.807, 2.05) is 38.1 Å². The fourth-order valence-corrected chi connectivity index (χ4v) is 1.61. The van der Waals surface area contributed by atoms with Gasteiger partial charge in [0.05, 0.1) is 0 Å². The Morgan fingerprint density at radius 3 is 2.13 bits per heavy atom. The number of amides is 1. The highest BCUT2D eigenvalue weighted by Gasteiger charge is 2.11. The van der Waals surface area contributed by atoms with Crippen molar-refractivity contribution in [2.24, 2.45) is 0 Å². The van der Waals surface area contributed by atoms with Gasteiger partial charge in [0.25, 0.3) is 5.91 Å². The maximum atomic E-state index is 11.9. The van der Waals surface area contributed by atoms with Crippen LogP contribution in [0.2, 0.25) is 0 Å². The van der Waals surface area contributed by atoms with Crippen LogP contribution in [0.3, 0.4) is 0 Å². The molecule has 0 N–H and O–H groups in total. The predicted octanol–water partition coefficient (Wildman–Crippen LogP) is 2.91. The smallest absolute Gasteiger partial charge is 0.253 e. The molecule has 3 heteroatoms. The maximum Gasteiger partial charge on any atom is 0.253 e. The molecule has 82 valence electrons. The van der Waals surface area contributed by atoms with Crippen molar-refractivity contribution in [3.05, 3.63) is 35.4 Å². The van der Waals surface area contributed by atoms with Crippen LogP contribution in [-0.4, -0.2) is 23.9 Å². The van der Waals surface area contributed by atoms with Gasteiger partial charge in [-0.25, -0.2) is 0 Å². The summed E-state index contributed by atoms with van der Waals surface area (Å²) in [4.78, 5) is 13.7. The van der Waals surface area contributed by atoms with Crippen molar-refractivity contribution >= 4 is 17.5 Å². The number of benzene rings is 1. The van der Waals surface area contributed by atoms with Crippen LogP contribution >= 0.6 is 11.6 Å². The van der Waals surface area contributed by atoms with Gasteiger partial charge in [-0.15, -0.1) is 11.6 Å². The molecule has 0 fully saturated rings. The van der Waals surface area contributed by atoms with Crippen LogP contribution in [0.1, 0.15) is 29.8 Å². The lowest BCUT2D eigenvalue weighted by Gasteiger charge is -2.18. The summed E-state index contributed by atoms with van der Waals surface area (Å²) in [6.07, 6.45) is 0. The molecule has 0 saturated heterocycles. The molecule has 0 atom stereocenters. The van der Waals surface area contributed by atoms with Crippen molar-refractivity contribution in [3.8, 4) is 0 Å². The first-order valence-corrected chi connectivity index (χ1v) is 5.70. The Morgan fingerprint density at radius 2 is 1.73 bits per heavy atom. The Hall–Kier alpha value is -1.02. The van der Waals surface area contributed by atoms with Crippen molar-refractivity contribution in [1.82, 2.24) is 4.90 Å². The molecule has 1 aromatic rings. The minimum Gasteiger partial charge on any atom is -0.339 e. The van der Waals surface area contributed by atoms with Gasteiger partial charge in [0.2, 0.25) is 0 Å². The van der Waals surface area contributed by atoms with E-state index in [4.69, 9.17) is 11.6 Å². The average Bonchev–Trinajstić information content (AvgIpc) is 2.30. The summed E-state index contributed by atoms with van der Waals surface area (Å²) >= 11 is 5.68. The Bertz CT molecular complexity index is 317. The van der Waals surface area contributed by atoms with Crippen LogP contribution in [0.4, 0.5) is 0 Å². The number of rotatable bonds is 4. The summed E-state index contributed by atoms with van der Waals surface area (Å²) in [6, 6.07) is 7.45. The number of alkyl halides is 1. The molecule has 1 aromatic carbocycles. The van der Waals surface area contributed by atoms with Crippen LogP contribution in [0.15, 0.2) is 24.3 Å². The van der Waals surface area contributed by atoms with Crippen molar-refractivity contribution in [1.29, 1.82) is 0 Å². The van der Waals surface area contributed by atoms with Gasteiger partial charge in [-0.3, -0.25) is 4.79 Å². The molecular weight excluding hydrogens is 210 g/mol. The number of nitrogens with zero attached hydrogens (tertiary/aromatic N) is 1. The van der Waals surface area contributed by atoms with Gasteiger partial charge >= 0.3 is 0 Å². The molecule has 1 amide bonds. The molecule has 0 saturated carbocycles. The third kappa shape index (κ3) is 2.96. The fourth-order valence-electron chi connectivity index (χ4n) is 1.43. The van der Waals surface area contributed by atoms with Crippen LogP contribution in [0, 0.1) is 0 Å². The van der Waals surface area contributed by atoms with Crippen LogP contribution in [0.5, 0.6) is 0 Å². The van der Waals surface area contributed by atoms with Crippen molar-refractivity contribution in [2.75, 3.05) is 13.1 Å². The normalized spacial score (nSPS) is 10.1. The molecule has 0 spiro atoms.